The fourth-order valence-electron chi connectivity index (χ4n) is 1.89. The van der Waals surface area contributed by atoms with Crippen LogP contribution in [0.1, 0.15) is 37.5 Å². The van der Waals surface area contributed by atoms with E-state index < -0.39 is 10.8 Å². The van der Waals surface area contributed by atoms with E-state index in [-0.39, 0.29) is 0 Å². The van der Waals surface area contributed by atoms with Crippen LogP contribution in [0.4, 0.5) is 0 Å². The van der Waals surface area contributed by atoms with Crippen LogP contribution >= 0.6 is 38.8 Å². The van der Waals surface area contributed by atoms with Crippen LogP contribution in [0.5, 0.6) is 0 Å². The zero-order chi connectivity index (χ0) is 22.0. The van der Waals surface area contributed by atoms with Gasteiger partial charge in [0.1, 0.15) is 0 Å². The molecule has 3 rings (SSSR count). The van der Waals surface area contributed by atoms with Gasteiger partial charge >= 0.3 is 49.6 Å². The van der Waals surface area contributed by atoms with E-state index in [9.17, 15) is 0 Å². The molecule has 0 spiro atoms. The monoisotopic (exact) mass is 564 g/mol. The van der Waals surface area contributed by atoms with Gasteiger partial charge in [-0.1, -0.05) is 20.8 Å². The SMILES string of the molecule is CCc1cc[nH+]cc1.CCc1ccncc1.CCc1ccncc1.[Cl][Ru-]([Cl])([Cl])[Cl]. The fourth-order valence-corrected chi connectivity index (χ4v) is 1.89. The predicted molar refractivity (Wildman–Crippen MR) is 123 cm³/mol. The molecule has 0 saturated heterocycles. The summed E-state index contributed by atoms with van der Waals surface area (Å²) in [7, 11) is 17.0. The maximum atomic E-state index is 5.00. The Labute approximate surface area is 193 Å². The summed E-state index contributed by atoms with van der Waals surface area (Å²) in [5.74, 6) is 0. The minimum atomic E-state index is -2.97. The number of H-pyrrole nitrogens is 1. The summed E-state index contributed by atoms with van der Waals surface area (Å²) >= 11 is 0. The number of nitrogens with one attached hydrogen (secondary N) is 1. The van der Waals surface area contributed by atoms with Gasteiger partial charge in [-0.3, -0.25) is 9.97 Å². The van der Waals surface area contributed by atoms with Crippen LogP contribution in [0.25, 0.3) is 0 Å². The Bertz CT molecular complexity index is 627. The van der Waals surface area contributed by atoms with Crippen LogP contribution < -0.4 is 4.98 Å². The summed E-state index contributed by atoms with van der Waals surface area (Å²) in [6.07, 6.45) is 14.5. The number of hydrogen-bond acceptors (Lipinski definition) is 2. The Hall–Kier alpha value is -0.767. The first-order valence-corrected chi connectivity index (χ1v) is 18.0. The van der Waals surface area contributed by atoms with Crippen LogP contribution in [-0.4, -0.2) is 9.97 Å². The van der Waals surface area contributed by atoms with Gasteiger partial charge in [-0.05, 0) is 60.2 Å². The molecule has 0 atom stereocenters. The number of hydrogen-bond donors (Lipinski definition) is 0. The molecule has 0 aliphatic carbocycles. The number of halogens is 4. The molecule has 1 N–H and O–H groups in total. The zero-order valence-corrected chi connectivity index (χ0v) is 21.6. The molecule has 0 amide bonds. The van der Waals surface area contributed by atoms with Crippen molar-refractivity contribution >= 4 is 38.8 Å². The second-order valence-corrected chi connectivity index (χ2v) is 21.3. The van der Waals surface area contributed by atoms with Crippen LogP contribution in [0, 0.1) is 0 Å². The van der Waals surface area contributed by atoms with E-state index in [0.29, 0.717) is 0 Å². The van der Waals surface area contributed by atoms with Crippen molar-refractivity contribution in [2.45, 2.75) is 40.0 Å². The molecule has 3 aromatic rings. The molecular formula is C21H28Cl4N3Ru. The number of aryl methyl sites for hydroxylation is 3. The van der Waals surface area contributed by atoms with E-state index in [1.54, 1.807) is 0 Å². The van der Waals surface area contributed by atoms with E-state index in [0.717, 1.165) is 19.3 Å². The molecule has 0 fully saturated rings. The Morgan fingerprint density at radius 1 is 0.621 bits per heavy atom. The molecule has 0 unspecified atom stereocenters. The standard InChI is InChI=1S/3C7H9N.4ClH.Ru/c3*1-2-7-3-5-8-6-4-7;;;;;/h3*3-6H,2H2,1H3;4*1H;/q;;;;;;;+3/p-3. The molecule has 3 nitrogen and oxygen atoms in total. The number of pyridine rings is 3. The minimum absolute atomic E-state index is 1.10. The molecule has 8 heteroatoms. The summed E-state index contributed by atoms with van der Waals surface area (Å²) in [6, 6.07) is 12.3. The number of aromatic amines is 1. The van der Waals surface area contributed by atoms with Crippen molar-refractivity contribution in [3.05, 3.63) is 90.3 Å². The van der Waals surface area contributed by atoms with Gasteiger partial charge < -0.3 is 0 Å². The summed E-state index contributed by atoms with van der Waals surface area (Å²) in [5.41, 5.74) is 4.07. The normalized spacial score (nSPS) is 10.2. The van der Waals surface area contributed by atoms with Gasteiger partial charge in [0.15, 0.2) is 12.4 Å². The third kappa shape index (κ3) is 20.3. The average Bonchev–Trinajstić information content (AvgIpc) is 2.75. The molecule has 0 radical (unpaired) electrons. The van der Waals surface area contributed by atoms with Crippen molar-refractivity contribution in [1.29, 1.82) is 0 Å². The first kappa shape index (κ1) is 28.2. The Morgan fingerprint density at radius 2 is 0.897 bits per heavy atom. The fraction of sp³-hybridized carbons (Fsp3) is 0.286. The van der Waals surface area contributed by atoms with Crippen molar-refractivity contribution in [3.8, 4) is 0 Å². The maximum absolute atomic E-state index is 5.00. The summed E-state index contributed by atoms with van der Waals surface area (Å²) in [4.78, 5) is 10.8. The third-order valence-electron chi connectivity index (χ3n) is 3.51. The van der Waals surface area contributed by atoms with Gasteiger partial charge in [-0.15, -0.1) is 0 Å². The molecule has 163 valence electrons. The van der Waals surface area contributed by atoms with E-state index in [1.807, 2.05) is 61.4 Å². The Morgan fingerprint density at radius 3 is 1.10 bits per heavy atom. The molecule has 0 aliphatic heterocycles. The number of rotatable bonds is 3. The average molecular weight is 565 g/mol. The third-order valence-corrected chi connectivity index (χ3v) is 3.51. The molecule has 3 aromatic heterocycles. The van der Waals surface area contributed by atoms with E-state index in [4.69, 9.17) is 38.8 Å². The van der Waals surface area contributed by atoms with Crippen molar-refractivity contribution < 1.29 is 15.8 Å². The molecule has 29 heavy (non-hydrogen) atoms. The first-order valence-electron chi connectivity index (χ1n) is 9.06. The molecule has 0 bridgehead atoms. The topological polar surface area (TPSA) is 39.9 Å². The predicted octanol–water partition coefficient (Wildman–Crippen LogP) is 7.11. The molecule has 0 saturated carbocycles. The first-order chi connectivity index (χ1) is 13.8. The Balaban J connectivity index is 0.000000367. The van der Waals surface area contributed by atoms with E-state index >= 15 is 0 Å². The van der Waals surface area contributed by atoms with Gasteiger partial charge in [0.25, 0.3) is 0 Å². The van der Waals surface area contributed by atoms with Crippen LogP contribution in [0.2, 0.25) is 0 Å². The molecule has 0 aliphatic rings. The summed E-state index contributed by atoms with van der Waals surface area (Å²) < 4.78 is 0. The second kappa shape index (κ2) is 18.0. The zero-order valence-electron chi connectivity index (χ0n) is 16.8. The van der Waals surface area contributed by atoms with E-state index in [2.05, 4.69) is 47.9 Å². The molecule has 0 aromatic carbocycles. The van der Waals surface area contributed by atoms with Gasteiger partial charge in [0.2, 0.25) is 0 Å². The van der Waals surface area contributed by atoms with Gasteiger partial charge in [-0.25, -0.2) is 4.98 Å². The number of nitrogens with zero attached hydrogens (tertiary/aromatic N) is 2. The van der Waals surface area contributed by atoms with Crippen LogP contribution in [-0.2, 0) is 30.1 Å². The number of aromatic nitrogens is 3. The van der Waals surface area contributed by atoms with Crippen molar-refractivity contribution in [1.82, 2.24) is 9.97 Å². The van der Waals surface area contributed by atoms with Gasteiger partial charge in [0, 0.05) is 36.9 Å². The Kier molecular flexibility index (Phi) is 17.6. The van der Waals surface area contributed by atoms with Crippen molar-refractivity contribution in [2.24, 2.45) is 0 Å². The van der Waals surface area contributed by atoms with Crippen molar-refractivity contribution in [2.75, 3.05) is 0 Å². The molecular weight excluding hydrogens is 537 g/mol. The van der Waals surface area contributed by atoms with Crippen molar-refractivity contribution in [3.63, 3.8) is 0 Å². The summed E-state index contributed by atoms with van der Waals surface area (Å²) in [6.45, 7) is 6.42. The van der Waals surface area contributed by atoms with Gasteiger partial charge in [-0.2, -0.15) is 0 Å². The van der Waals surface area contributed by atoms with Gasteiger partial charge in [0.05, 0.1) is 0 Å². The summed E-state index contributed by atoms with van der Waals surface area (Å²) in [5, 5.41) is 0. The molecule has 3 heterocycles. The van der Waals surface area contributed by atoms with Crippen LogP contribution in [0.15, 0.2) is 73.6 Å². The van der Waals surface area contributed by atoms with E-state index in [1.165, 1.54) is 16.7 Å². The quantitative estimate of drug-likeness (QED) is 0.318. The second-order valence-electron chi connectivity index (χ2n) is 5.48. The van der Waals surface area contributed by atoms with Crippen LogP contribution in [0.3, 0.4) is 0 Å².